The maximum atomic E-state index is 4.55. The van der Waals surface area contributed by atoms with Gasteiger partial charge in [0.25, 0.3) is 0 Å². The Morgan fingerprint density at radius 3 is 2.55 bits per heavy atom. The van der Waals surface area contributed by atoms with Crippen LogP contribution in [-0.2, 0) is 0 Å². The van der Waals surface area contributed by atoms with Crippen molar-refractivity contribution in [1.82, 2.24) is 24.4 Å². The third-order valence-corrected chi connectivity index (χ3v) is 3.83. The van der Waals surface area contributed by atoms with Gasteiger partial charge in [0, 0.05) is 28.8 Å². The molecule has 6 heteroatoms. The number of hydrogen-bond acceptors (Lipinski definition) is 3. The molecule has 105 valence electrons. The maximum absolute atomic E-state index is 4.55. The molecule has 0 atom stereocenters. The molecule has 4 aromatic rings. The molecule has 3 radical (unpaired) electrons. The number of aromatic nitrogens is 5. The molecule has 0 aliphatic rings. The van der Waals surface area contributed by atoms with E-state index in [1.807, 2.05) is 43.3 Å². The predicted octanol–water partition coefficient (Wildman–Crippen LogP) is 1.68. The zero-order valence-electron chi connectivity index (χ0n) is 11.9. The van der Waals surface area contributed by atoms with Crippen molar-refractivity contribution in [3.8, 4) is 16.9 Å². The van der Waals surface area contributed by atoms with E-state index >= 15 is 0 Å². The van der Waals surface area contributed by atoms with Gasteiger partial charge in [-0.3, -0.25) is 9.55 Å². The summed E-state index contributed by atoms with van der Waals surface area (Å²) in [6.45, 7) is 1.97. The molecule has 0 aliphatic carbocycles. The second-order valence-corrected chi connectivity index (χ2v) is 5.54. The van der Waals surface area contributed by atoms with Crippen molar-refractivity contribution in [3.05, 3.63) is 60.6 Å². The molecule has 0 spiro atoms. The van der Waals surface area contributed by atoms with Crippen molar-refractivity contribution >= 4 is 21.2 Å². The highest BCUT2D eigenvalue weighted by Gasteiger charge is 2.13. The van der Waals surface area contributed by atoms with Crippen LogP contribution in [-0.4, -0.2) is 34.6 Å². The van der Waals surface area contributed by atoms with Crippen LogP contribution in [0.25, 0.3) is 22.6 Å². The van der Waals surface area contributed by atoms with Gasteiger partial charge in [0.05, 0.1) is 15.9 Å². The number of nitrogens with zero attached hydrogens (tertiary/aromatic N) is 5. The molecule has 0 saturated carbocycles. The van der Waals surface area contributed by atoms with Crippen molar-refractivity contribution in [2.45, 2.75) is 6.92 Å². The van der Waals surface area contributed by atoms with Crippen molar-refractivity contribution in [3.63, 3.8) is 0 Å². The Hall–Kier alpha value is -2.73. The molecule has 0 amide bonds. The Labute approximate surface area is 130 Å². The van der Waals surface area contributed by atoms with E-state index < -0.39 is 0 Å². The number of para-hydroxylation sites is 1. The van der Waals surface area contributed by atoms with Crippen LogP contribution in [0.4, 0.5) is 0 Å². The monoisotopic (exact) mass is 302 g/mol. The van der Waals surface area contributed by atoms with Gasteiger partial charge in [0.2, 0.25) is 0 Å². The first kappa shape index (κ1) is 13.0. The van der Waals surface area contributed by atoms with E-state index in [0.717, 1.165) is 33.7 Å². The summed E-state index contributed by atoms with van der Waals surface area (Å²) in [7, 11) is 3.39. The van der Waals surface area contributed by atoms with Crippen LogP contribution in [0.2, 0.25) is 0 Å². The van der Waals surface area contributed by atoms with Crippen LogP contribution in [0.3, 0.4) is 0 Å². The van der Waals surface area contributed by atoms with E-state index in [1.165, 1.54) is 0 Å². The lowest BCUT2D eigenvalue weighted by Crippen LogP contribution is -2.05. The molecule has 1 aromatic carbocycles. The quantitative estimate of drug-likeness (QED) is 0.529. The van der Waals surface area contributed by atoms with Crippen LogP contribution in [0.1, 0.15) is 5.82 Å². The number of hydrogen-bond donors (Lipinski definition) is 0. The number of benzene rings is 1. The minimum atomic E-state index is 0.801. The van der Waals surface area contributed by atoms with Gasteiger partial charge in [-0.1, -0.05) is 18.2 Å². The van der Waals surface area contributed by atoms with E-state index in [9.17, 15) is 0 Å². The first-order valence-electron chi connectivity index (χ1n) is 6.91. The molecular weight excluding hydrogens is 290 g/mol. The fourth-order valence-corrected chi connectivity index (χ4v) is 2.67. The normalized spacial score (nSPS) is 11.2. The summed E-state index contributed by atoms with van der Waals surface area (Å²) in [5.41, 5.74) is 3.82. The van der Waals surface area contributed by atoms with E-state index in [4.69, 9.17) is 0 Å². The second kappa shape index (κ2) is 4.92. The van der Waals surface area contributed by atoms with Crippen LogP contribution in [0.5, 0.6) is 0 Å². The van der Waals surface area contributed by atoms with Crippen molar-refractivity contribution < 1.29 is 0 Å². The van der Waals surface area contributed by atoms with Crippen molar-refractivity contribution in [1.29, 1.82) is 0 Å². The largest absolute Gasteiger partial charge is 0.280 e. The summed E-state index contributed by atoms with van der Waals surface area (Å²) < 4.78 is 3.75. The Balaban J connectivity index is 1.89. The first-order chi connectivity index (χ1) is 10.7. The molecule has 0 saturated heterocycles. The average Bonchev–Trinajstić information content (AvgIpc) is 3.05. The predicted molar refractivity (Wildman–Crippen MR) is 85.7 cm³/mol. The van der Waals surface area contributed by atoms with Gasteiger partial charge in [0.15, 0.2) is 5.65 Å². The highest BCUT2D eigenvalue weighted by Crippen LogP contribution is 2.21. The van der Waals surface area contributed by atoms with Gasteiger partial charge in [0.1, 0.15) is 5.82 Å². The molecule has 0 fully saturated rings. The standard InChI is InChI=1S/C16H12N5Si/c1-11-18-21-16(20(11)13-5-3-2-4-6-13)9-14(19-21)12-7-8-15(22)17-10-12/h2-10H,1H3. The van der Waals surface area contributed by atoms with Gasteiger partial charge >= 0.3 is 0 Å². The zero-order chi connectivity index (χ0) is 15.1. The van der Waals surface area contributed by atoms with E-state index in [-0.39, 0.29) is 0 Å². The number of pyridine rings is 1. The lowest BCUT2D eigenvalue weighted by molar-refractivity contribution is 0.808. The van der Waals surface area contributed by atoms with Crippen LogP contribution in [0, 0.1) is 6.92 Å². The Bertz CT molecular complexity index is 938. The molecule has 0 N–H and O–H groups in total. The van der Waals surface area contributed by atoms with Gasteiger partial charge in [-0.05, 0) is 31.2 Å². The Morgan fingerprint density at radius 1 is 1.00 bits per heavy atom. The maximum Gasteiger partial charge on any atom is 0.163 e. The first-order valence-corrected chi connectivity index (χ1v) is 7.41. The third-order valence-electron chi connectivity index (χ3n) is 3.54. The minimum Gasteiger partial charge on any atom is -0.280 e. The summed E-state index contributed by atoms with van der Waals surface area (Å²) >= 11 is 0. The molecule has 0 bridgehead atoms. The zero-order valence-corrected chi connectivity index (χ0v) is 12.9. The number of aryl methyl sites for hydroxylation is 1. The molecule has 4 rings (SSSR count). The lowest BCUT2D eigenvalue weighted by Gasteiger charge is -2.03. The summed E-state index contributed by atoms with van der Waals surface area (Å²) in [6.07, 6.45) is 1.80. The number of fused-ring (bicyclic) bond motifs is 1. The highest BCUT2D eigenvalue weighted by atomic mass is 28.1. The smallest absolute Gasteiger partial charge is 0.163 e. The molecule has 0 unspecified atom stereocenters. The van der Waals surface area contributed by atoms with Crippen LogP contribution < -0.4 is 5.32 Å². The van der Waals surface area contributed by atoms with Crippen LogP contribution >= 0.6 is 0 Å². The summed E-state index contributed by atoms with van der Waals surface area (Å²) in [5, 5.41) is 9.84. The summed E-state index contributed by atoms with van der Waals surface area (Å²) in [6, 6.07) is 16.1. The van der Waals surface area contributed by atoms with Gasteiger partial charge in [-0.2, -0.15) is 0 Å². The summed E-state index contributed by atoms with van der Waals surface area (Å²) in [4.78, 5) is 4.25. The molecule has 3 heterocycles. The molecule has 3 aromatic heterocycles. The van der Waals surface area contributed by atoms with E-state index in [2.05, 4.69) is 42.1 Å². The van der Waals surface area contributed by atoms with E-state index in [1.54, 1.807) is 10.8 Å². The fraction of sp³-hybridized carbons (Fsp3) is 0.0625. The highest BCUT2D eigenvalue weighted by molar-refractivity contribution is 6.30. The topological polar surface area (TPSA) is 48.0 Å². The summed E-state index contributed by atoms with van der Waals surface area (Å²) in [5.74, 6) is 0.897. The fourth-order valence-electron chi connectivity index (χ4n) is 2.52. The molecule has 5 nitrogen and oxygen atoms in total. The Morgan fingerprint density at radius 2 is 1.82 bits per heavy atom. The van der Waals surface area contributed by atoms with Gasteiger partial charge in [-0.15, -0.1) is 14.8 Å². The molecule has 0 aliphatic heterocycles. The van der Waals surface area contributed by atoms with E-state index in [0.29, 0.717) is 0 Å². The van der Waals surface area contributed by atoms with Gasteiger partial charge in [-0.25, -0.2) is 0 Å². The van der Waals surface area contributed by atoms with Crippen molar-refractivity contribution in [2.24, 2.45) is 0 Å². The average molecular weight is 302 g/mol. The van der Waals surface area contributed by atoms with Crippen LogP contribution in [0.15, 0.2) is 54.7 Å². The Kier molecular flexibility index (Phi) is 2.90. The molecule has 22 heavy (non-hydrogen) atoms. The second-order valence-electron chi connectivity index (χ2n) is 5.03. The SMILES string of the molecule is Cc1nn2nc(-c3ccc([Si])nc3)cc2n1-c1ccccc1. The molecular formula is C16H12N5Si. The number of rotatable bonds is 2. The third kappa shape index (κ3) is 2.05. The lowest BCUT2D eigenvalue weighted by atomic mass is 10.2. The minimum absolute atomic E-state index is 0.801. The van der Waals surface area contributed by atoms with Crippen molar-refractivity contribution in [2.75, 3.05) is 0 Å². The van der Waals surface area contributed by atoms with Gasteiger partial charge < -0.3 is 0 Å².